The molecule has 0 saturated heterocycles. The fourth-order valence-electron chi connectivity index (χ4n) is 3.65. The predicted octanol–water partition coefficient (Wildman–Crippen LogP) is 5.21. The van der Waals surface area contributed by atoms with E-state index in [0.717, 1.165) is 41.4 Å². The zero-order valence-electron chi connectivity index (χ0n) is 16.6. The van der Waals surface area contributed by atoms with Crippen LogP contribution in [0.15, 0.2) is 29.6 Å². The Bertz CT molecular complexity index is 750. The number of benzene rings is 1. The van der Waals surface area contributed by atoms with E-state index < -0.39 is 0 Å². The number of carbonyl (C=O) groups excluding carboxylic acids is 1. The third kappa shape index (κ3) is 5.55. The van der Waals surface area contributed by atoms with Crippen LogP contribution in [-0.2, 0) is 17.9 Å². The highest BCUT2D eigenvalue weighted by atomic mass is 32.1. The molecule has 0 N–H and O–H groups in total. The number of amides is 1. The maximum Gasteiger partial charge on any atom is 0.226 e. The molecule has 1 amide bonds. The summed E-state index contributed by atoms with van der Waals surface area (Å²) in [5.41, 5.74) is 2.09. The Kier molecular flexibility index (Phi) is 6.89. The topological polar surface area (TPSA) is 42.4 Å². The van der Waals surface area contributed by atoms with Crippen molar-refractivity contribution in [3.8, 4) is 5.75 Å². The molecule has 1 aliphatic rings. The van der Waals surface area contributed by atoms with Crippen molar-refractivity contribution in [3.63, 3.8) is 0 Å². The van der Waals surface area contributed by atoms with E-state index in [-0.39, 0.29) is 5.92 Å². The van der Waals surface area contributed by atoms with Crippen molar-refractivity contribution >= 4 is 17.2 Å². The molecule has 0 radical (unpaired) electrons. The quantitative estimate of drug-likeness (QED) is 0.626. The number of hydrogen-bond acceptors (Lipinski definition) is 4. The SMILES string of the molecule is Cc1ccccc1OCc1nc(CN(CC(C)C)C(=O)C2CCCC2)cs1. The van der Waals surface area contributed by atoms with Crippen molar-refractivity contribution < 1.29 is 9.53 Å². The monoisotopic (exact) mass is 386 g/mol. The number of thiazole rings is 1. The van der Waals surface area contributed by atoms with Gasteiger partial charge in [0.15, 0.2) is 0 Å². The number of aryl methyl sites for hydroxylation is 1. The van der Waals surface area contributed by atoms with Crippen LogP contribution in [0.2, 0.25) is 0 Å². The Labute approximate surface area is 166 Å². The number of ether oxygens (including phenoxy) is 1. The number of rotatable bonds is 8. The summed E-state index contributed by atoms with van der Waals surface area (Å²) in [5.74, 6) is 1.88. The average molecular weight is 387 g/mol. The van der Waals surface area contributed by atoms with Crippen molar-refractivity contribution in [1.29, 1.82) is 0 Å². The van der Waals surface area contributed by atoms with Crippen LogP contribution < -0.4 is 4.74 Å². The molecule has 0 spiro atoms. The molecule has 0 atom stereocenters. The molecule has 1 aromatic carbocycles. The predicted molar refractivity (Wildman–Crippen MR) is 110 cm³/mol. The minimum Gasteiger partial charge on any atom is -0.486 e. The minimum atomic E-state index is 0.214. The number of carbonyl (C=O) groups is 1. The zero-order valence-corrected chi connectivity index (χ0v) is 17.4. The van der Waals surface area contributed by atoms with E-state index in [4.69, 9.17) is 9.72 Å². The van der Waals surface area contributed by atoms with Crippen molar-refractivity contribution in [2.24, 2.45) is 11.8 Å². The second-order valence-corrected chi connectivity index (χ2v) is 8.82. The summed E-state index contributed by atoms with van der Waals surface area (Å²) in [6.45, 7) is 8.24. The molecule has 3 rings (SSSR count). The smallest absolute Gasteiger partial charge is 0.226 e. The summed E-state index contributed by atoms with van der Waals surface area (Å²) in [6, 6.07) is 8.01. The molecule has 5 heteroatoms. The highest BCUT2D eigenvalue weighted by Gasteiger charge is 2.28. The van der Waals surface area contributed by atoms with Crippen LogP contribution in [0, 0.1) is 18.8 Å². The van der Waals surface area contributed by atoms with Gasteiger partial charge in [-0.3, -0.25) is 4.79 Å². The first kappa shape index (κ1) is 19.9. The Balaban J connectivity index is 1.61. The lowest BCUT2D eigenvalue weighted by molar-refractivity contribution is -0.136. The third-order valence-corrected chi connectivity index (χ3v) is 5.87. The van der Waals surface area contributed by atoms with E-state index in [1.807, 2.05) is 36.1 Å². The molecule has 146 valence electrons. The first-order valence-corrected chi connectivity index (χ1v) is 10.8. The first-order chi connectivity index (χ1) is 13.0. The van der Waals surface area contributed by atoms with Crippen LogP contribution >= 0.6 is 11.3 Å². The van der Waals surface area contributed by atoms with E-state index in [9.17, 15) is 4.79 Å². The van der Waals surface area contributed by atoms with Crippen LogP contribution in [0.4, 0.5) is 0 Å². The summed E-state index contributed by atoms with van der Waals surface area (Å²) in [7, 11) is 0. The van der Waals surface area contributed by atoms with E-state index >= 15 is 0 Å². The van der Waals surface area contributed by atoms with Gasteiger partial charge in [-0.1, -0.05) is 44.9 Å². The van der Waals surface area contributed by atoms with Crippen molar-refractivity contribution in [1.82, 2.24) is 9.88 Å². The Morgan fingerprint density at radius 3 is 2.74 bits per heavy atom. The van der Waals surface area contributed by atoms with Gasteiger partial charge in [0, 0.05) is 17.8 Å². The van der Waals surface area contributed by atoms with E-state index in [2.05, 4.69) is 19.2 Å². The molecular formula is C22H30N2O2S. The van der Waals surface area contributed by atoms with Crippen LogP contribution in [0.1, 0.15) is 55.8 Å². The highest BCUT2D eigenvalue weighted by Crippen LogP contribution is 2.28. The molecule has 4 nitrogen and oxygen atoms in total. The number of para-hydroxylation sites is 1. The number of aromatic nitrogens is 1. The maximum atomic E-state index is 12.9. The standard InChI is InChI=1S/C22H30N2O2S/c1-16(2)12-24(22(25)18-9-5-6-10-18)13-19-15-27-21(23-19)14-26-20-11-7-4-8-17(20)3/h4,7-8,11,15-16,18H,5-6,9-10,12-14H2,1-3H3. The number of nitrogens with zero attached hydrogens (tertiary/aromatic N) is 2. The summed E-state index contributed by atoms with van der Waals surface area (Å²) >= 11 is 1.61. The minimum absolute atomic E-state index is 0.214. The van der Waals surface area contributed by atoms with Crippen LogP contribution in [0.25, 0.3) is 0 Å². The molecule has 1 saturated carbocycles. The molecule has 0 aliphatic heterocycles. The lowest BCUT2D eigenvalue weighted by atomic mass is 10.1. The maximum absolute atomic E-state index is 12.9. The van der Waals surface area contributed by atoms with Gasteiger partial charge in [0.25, 0.3) is 0 Å². The van der Waals surface area contributed by atoms with Crippen molar-refractivity contribution in [2.75, 3.05) is 6.54 Å². The summed E-state index contributed by atoms with van der Waals surface area (Å²) in [6.07, 6.45) is 4.45. The highest BCUT2D eigenvalue weighted by molar-refractivity contribution is 7.09. The molecule has 2 aromatic rings. The summed E-state index contributed by atoms with van der Waals surface area (Å²) in [5, 5.41) is 3.01. The van der Waals surface area contributed by atoms with Crippen molar-refractivity contribution in [3.05, 3.63) is 45.9 Å². The number of hydrogen-bond donors (Lipinski definition) is 0. The molecule has 1 aromatic heterocycles. The van der Waals surface area contributed by atoms with Crippen molar-refractivity contribution in [2.45, 2.75) is 59.6 Å². The molecule has 0 unspecified atom stereocenters. The Morgan fingerprint density at radius 2 is 2.04 bits per heavy atom. The van der Waals surface area contributed by atoms with Gasteiger partial charge in [0.05, 0.1) is 12.2 Å². The largest absolute Gasteiger partial charge is 0.486 e. The molecule has 1 fully saturated rings. The van der Waals surface area contributed by atoms with Gasteiger partial charge in [-0.15, -0.1) is 11.3 Å². The molecule has 0 bridgehead atoms. The summed E-state index contributed by atoms with van der Waals surface area (Å²) in [4.78, 5) is 19.6. The van der Waals surface area contributed by atoms with E-state index in [1.54, 1.807) is 11.3 Å². The molecule has 27 heavy (non-hydrogen) atoms. The van der Waals surface area contributed by atoms with Gasteiger partial charge in [-0.05, 0) is 37.3 Å². The average Bonchev–Trinajstić information content (AvgIpc) is 3.31. The van der Waals surface area contributed by atoms with Gasteiger partial charge in [0.1, 0.15) is 17.4 Å². The fraction of sp³-hybridized carbons (Fsp3) is 0.545. The van der Waals surface area contributed by atoms with E-state index in [0.29, 0.717) is 25.0 Å². The normalized spacial score (nSPS) is 14.7. The lowest BCUT2D eigenvalue weighted by Gasteiger charge is -2.26. The third-order valence-electron chi connectivity index (χ3n) is 5.00. The van der Waals surface area contributed by atoms with Gasteiger partial charge in [-0.25, -0.2) is 4.98 Å². The van der Waals surface area contributed by atoms with Gasteiger partial charge < -0.3 is 9.64 Å². The van der Waals surface area contributed by atoms with Crippen LogP contribution in [0.5, 0.6) is 5.75 Å². The molecule has 1 aliphatic carbocycles. The Morgan fingerprint density at radius 1 is 1.30 bits per heavy atom. The summed E-state index contributed by atoms with van der Waals surface area (Å²) < 4.78 is 5.90. The van der Waals surface area contributed by atoms with Crippen LogP contribution in [0.3, 0.4) is 0 Å². The molecular weight excluding hydrogens is 356 g/mol. The second-order valence-electron chi connectivity index (χ2n) is 7.88. The van der Waals surface area contributed by atoms with Gasteiger partial charge in [-0.2, -0.15) is 0 Å². The van der Waals surface area contributed by atoms with Gasteiger partial charge >= 0.3 is 0 Å². The first-order valence-electron chi connectivity index (χ1n) is 9.93. The zero-order chi connectivity index (χ0) is 19.2. The lowest BCUT2D eigenvalue weighted by Crippen LogP contribution is -2.37. The van der Waals surface area contributed by atoms with Crippen LogP contribution in [-0.4, -0.2) is 22.3 Å². The molecule has 1 heterocycles. The Hall–Kier alpha value is -1.88. The van der Waals surface area contributed by atoms with Gasteiger partial charge in [0.2, 0.25) is 5.91 Å². The van der Waals surface area contributed by atoms with E-state index in [1.165, 1.54) is 12.8 Å². The second kappa shape index (κ2) is 9.36. The fourth-order valence-corrected chi connectivity index (χ4v) is 4.34.